The van der Waals surface area contributed by atoms with Crippen LogP contribution in [0.5, 0.6) is 0 Å². The molecule has 1 aromatic heterocycles. The monoisotopic (exact) mass is 287 g/mol. The molecule has 2 rings (SSSR count). The van der Waals surface area contributed by atoms with E-state index in [4.69, 9.17) is 28.6 Å². The molecular formula is C11H11ClFN3OS. The number of methoxy groups -OCH3 is 1. The summed E-state index contributed by atoms with van der Waals surface area (Å²) in [4.78, 5) is 0. The van der Waals surface area contributed by atoms with Gasteiger partial charge in [-0.3, -0.25) is 9.67 Å². The van der Waals surface area contributed by atoms with E-state index in [1.807, 2.05) is 0 Å². The molecule has 0 unspecified atom stereocenters. The van der Waals surface area contributed by atoms with Crippen LogP contribution in [0.15, 0.2) is 18.2 Å². The molecule has 0 spiro atoms. The molecule has 0 saturated heterocycles. The van der Waals surface area contributed by atoms with Gasteiger partial charge in [-0.2, -0.15) is 5.10 Å². The molecule has 0 radical (unpaired) electrons. The van der Waals surface area contributed by atoms with E-state index in [-0.39, 0.29) is 5.02 Å². The van der Waals surface area contributed by atoms with Crippen LogP contribution in [0, 0.1) is 10.6 Å². The van der Waals surface area contributed by atoms with Crippen LogP contribution in [0.3, 0.4) is 0 Å². The molecule has 0 fully saturated rings. The Morgan fingerprint density at radius 1 is 1.56 bits per heavy atom. The summed E-state index contributed by atoms with van der Waals surface area (Å²) in [5.74, 6) is 0.0778. The molecular weight excluding hydrogens is 277 g/mol. The lowest BCUT2D eigenvalue weighted by Crippen LogP contribution is -2.06. The third kappa shape index (κ3) is 2.60. The molecule has 1 aromatic carbocycles. The molecule has 0 aliphatic rings. The van der Waals surface area contributed by atoms with Crippen molar-refractivity contribution in [1.29, 1.82) is 0 Å². The van der Waals surface area contributed by atoms with E-state index < -0.39 is 5.82 Å². The average Bonchev–Trinajstić information content (AvgIpc) is 2.72. The van der Waals surface area contributed by atoms with Gasteiger partial charge in [0.15, 0.2) is 10.6 Å². The van der Waals surface area contributed by atoms with E-state index in [1.165, 1.54) is 12.1 Å². The van der Waals surface area contributed by atoms with Gasteiger partial charge in [0.25, 0.3) is 0 Å². The maximum absolute atomic E-state index is 13.4. The van der Waals surface area contributed by atoms with E-state index >= 15 is 0 Å². The first-order valence-electron chi connectivity index (χ1n) is 5.23. The number of halogens is 2. The first-order chi connectivity index (χ1) is 8.63. The van der Waals surface area contributed by atoms with Crippen molar-refractivity contribution < 1.29 is 9.13 Å². The Kier molecular flexibility index (Phi) is 4.11. The van der Waals surface area contributed by atoms with Gasteiger partial charge >= 0.3 is 0 Å². The molecule has 4 nitrogen and oxygen atoms in total. The summed E-state index contributed by atoms with van der Waals surface area (Å²) in [5, 5.41) is 6.85. The summed E-state index contributed by atoms with van der Waals surface area (Å²) in [5.41, 5.74) is 0.611. The second-order valence-electron chi connectivity index (χ2n) is 3.63. The highest BCUT2D eigenvalue weighted by Gasteiger charge is 2.10. The Morgan fingerprint density at radius 3 is 3.00 bits per heavy atom. The van der Waals surface area contributed by atoms with E-state index in [9.17, 15) is 4.39 Å². The summed E-state index contributed by atoms with van der Waals surface area (Å²) in [7, 11) is 1.60. The summed E-state index contributed by atoms with van der Waals surface area (Å²) < 4.78 is 20.6. The molecule has 1 heterocycles. The van der Waals surface area contributed by atoms with E-state index in [1.54, 1.807) is 17.7 Å². The summed E-state index contributed by atoms with van der Waals surface area (Å²) in [6.07, 6.45) is 0. The predicted octanol–water partition coefficient (Wildman–Crippen LogP) is 3.05. The Hall–Kier alpha value is -1.24. The third-order valence-corrected chi connectivity index (χ3v) is 3.07. The lowest BCUT2D eigenvalue weighted by Gasteiger charge is -2.06. The molecule has 2 aromatic rings. The van der Waals surface area contributed by atoms with Gasteiger partial charge in [-0.05, 0) is 30.4 Å². The zero-order valence-electron chi connectivity index (χ0n) is 9.61. The van der Waals surface area contributed by atoms with Crippen molar-refractivity contribution in [1.82, 2.24) is 14.8 Å². The molecule has 0 aliphatic heterocycles. The summed E-state index contributed by atoms with van der Waals surface area (Å²) >= 11 is 10.8. The Balaban J connectivity index is 2.43. The number of nitrogens with zero attached hydrogens (tertiary/aromatic N) is 2. The fourth-order valence-corrected chi connectivity index (χ4v) is 1.90. The number of nitrogens with one attached hydrogen (secondary N) is 1. The largest absolute Gasteiger partial charge is 0.383 e. The number of aromatic amines is 1. The fraction of sp³-hybridized carbons (Fsp3) is 0.273. The number of hydrogen-bond donors (Lipinski definition) is 1. The smallest absolute Gasteiger partial charge is 0.195 e. The van der Waals surface area contributed by atoms with Gasteiger partial charge in [0.05, 0.1) is 18.2 Å². The molecule has 18 heavy (non-hydrogen) atoms. The number of benzene rings is 1. The van der Waals surface area contributed by atoms with Crippen molar-refractivity contribution in [2.45, 2.75) is 6.54 Å². The highest BCUT2D eigenvalue weighted by Crippen LogP contribution is 2.22. The van der Waals surface area contributed by atoms with E-state index in [2.05, 4.69) is 10.2 Å². The van der Waals surface area contributed by atoms with Gasteiger partial charge in [-0.15, -0.1) is 0 Å². The van der Waals surface area contributed by atoms with Crippen molar-refractivity contribution in [2.75, 3.05) is 13.7 Å². The SMILES string of the molecule is COCCn1c(-c2ccc(Cl)c(F)c2)n[nH]c1=S. The lowest BCUT2D eigenvalue weighted by atomic mass is 10.2. The quantitative estimate of drug-likeness (QED) is 0.879. The Bertz CT molecular complexity index is 611. The molecule has 0 saturated carbocycles. The van der Waals surface area contributed by atoms with Crippen LogP contribution in [-0.2, 0) is 11.3 Å². The van der Waals surface area contributed by atoms with Crippen LogP contribution in [-0.4, -0.2) is 28.5 Å². The van der Waals surface area contributed by atoms with Gasteiger partial charge in [0.1, 0.15) is 5.82 Å². The minimum atomic E-state index is -0.485. The molecule has 96 valence electrons. The van der Waals surface area contributed by atoms with Gasteiger partial charge < -0.3 is 4.74 Å². The maximum Gasteiger partial charge on any atom is 0.195 e. The van der Waals surface area contributed by atoms with Crippen molar-refractivity contribution in [3.8, 4) is 11.4 Å². The van der Waals surface area contributed by atoms with Crippen LogP contribution in [0.2, 0.25) is 5.02 Å². The minimum absolute atomic E-state index is 0.0799. The van der Waals surface area contributed by atoms with Gasteiger partial charge in [0.2, 0.25) is 0 Å². The molecule has 7 heteroatoms. The maximum atomic E-state index is 13.4. The number of ether oxygens (including phenoxy) is 1. The first-order valence-corrected chi connectivity index (χ1v) is 6.01. The zero-order valence-corrected chi connectivity index (χ0v) is 11.2. The molecule has 0 aliphatic carbocycles. The predicted molar refractivity (Wildman–Crippen MR) is 69.7 cm³/mol. The molecule has 1 N–H and O–H groups in total. The minimum Gasteiger partial charge on any atom is -0.383 e. The molecule has 0 amide bonds. The van der Waals surface area contributed by atoms with Crippen LogP contribution >= 0.6 is 23.8 Å². The standard InChI is InChI=1S/C11H11ClFN3OS/c1-17-5-4-16-10(14-15-11(16)18)7-2-3-8(12)9(13)6-7/h2-3,6H,4-5H2,1H3,(H,15,18). The summed E-state index contributed by atoms with van der Waals surface area (Å²) in [6, 6.07) is 4.51. The van der Waals surface area contributed by atoms with Gasteiger partial charge in [0, 0.05) is 12.7 Å². The van der Waals surface area contributed by atoms with E-state index in [0.29, 0.717) is 29.3 Å². The van der Waals surface area contributed by atoms with Crippen LogP contribution in [0.4, 0.5) is 4.39 Å². The second-order valence-corrected chi connectivity index (χ2v) is 4.42. The van der Waals surface area contributed by atoms with Gasteiger partial charge in [-0.25, -0.2) is 4.39 Å². The third-order valence-electron chi connectivity index (χ3n) is 2.46. The highest BCUT2D eigenvalue weighted by atomic mass is 35.5. The average molecular weight is 288 g/mol. The van der Waals surface area contributed by atoms with Crippen LogP contribution in [0.1, 0.15) is 0 Å². The van der Waals surface area contributed by atoms with Crippen molar-refractivity contribution in [3.63, 3.8) is 0 Å². The fourth-order valence-electron chi connectivity index (χ4n) is 1.56. The van der Waals surface area contributed by atoms with Crippen molar-refractivity contribution in [2.24, 2.45) is 0 Å². The number of H-pyrrole nitrogens is 1. The van der Waals surface area contributed by atoms with Gasteiger partial charge in [-0.1, -0.05) is 11.6 Å². The number of hydrogen-bond acceptors (Lipinski definition) is 3. The number of aromatic nitrogens is 3. The topological polar surface area (TPSA) is 42.8 Å². The van der Waals surface area contributed by atoms with E-state index in [0.717, 1.165) is 0 Å². The Morgan fingerprint density at radius 2 is 2.33 bits per heavy atom. The van der Waals surface area contributed by atoms with Crippen molar-refractivity contribution >= 4 is 23.8 Å². The lowest BCUT2D eigenvalue weighted by molar-refractivity contribution is 0.187. The highest BCUT2D eigenvalue weighted by molar-refractivity contribution is 7.71. The van der Waals surface area contributed by atoms with Crippen molar-refractivity contribution in [3.05, 3.63) is 33.8 Å². The second kappa shape index (κ2) is 5.60. The molecule has 0 bridgehead atoms. The molecule has 0 atom stereocenters. The normalized spacial score (nSPS) is 10.8. The van der Waals surface area contributed by atoms with Crippen LogP contribution in [0.25, 0.3) is 11.4 Å². The van der Waals surface area contributed by atoms with Crippen LogP contribution < -0.4 is 0 Å². The first kappa shape index (κ1) is 13.2. The summed E-state index contributed by atoms with van der Waals surface area (Å²) in [6.45, 7) is 1.04. The Labute approximate surface area is 113 Å². The zero-order chi connectivity index (χ0) is 13.1. The number of rotatable bonds is 4.